The van der Waals surface area contributed by atoms with Crippen LogP contribution in [0.15, 0.2) is 35.6 Å². The molecular weight excluding hydrogens is 246 g/mol. The van der Waals surface area contributed by atoms with Crippen molar-refractivity contribution in [3.63, 3.8) is 0 Å². The van der Waals surface area contributed by atoms with Gasteiger partial charge in [-0.25, -0.2) is 4.79 Å². The molecule has 1 amide bonds. The van der Waals surface area contributed by atoms with Crippen LogP contribution in [0, 0.1) is 11.8 Å². The summed E-state index contributed by atoms with van der Waals surface area (Å²) in [6, 6.07) is 0. The van der Waals surface area contributed by atoms with E-state index in [2.05, 4.69) is 4.74 Å². The van der Waals surface area contributed by atoms with Crippen LogP contribution in [0.4, 0.5) is 0 Å². The van der Waals surface area contributed by atoms with Gasteiger partial charge in [0, 0.05) is 0 Å². The second-order valence-corrected chi connectivity index (χ2v) is 4.44. The molecule has 1 rings (SSSR count). The van der Waals surface area contributed by atoms with Crippen molar-refractivity contribution in [1.29, 1.82) is 0 Å². The molecule has 19 heavy (non-hydrogen) atoms. The first-order chi connectivity index (χ1) is 8.93. The van der Waals surface area contributed by atoms with Gasteiger partial charge in [-0.1, -0.05) is 32.1 Å². The first-order valence-electron chi connectivity index (χ1n) is 6.05. The molecule has 0 aromatic carbocycles. The van der Waals surface area contributed by atoms with Crippen LogP contribution < -0.4 is 5.73 Å². The minimum atomic E-state index is -0.578. The molecule has 0 fully saturated rings. The lowest BCUT2D eigenvalue weighted by atomic mass is 9.97. The molecule has 0 heterocycles. The Kier molecular flexibility index (Phi) is 5.36. The van der Waals surface area contributed by atoms with Crippen molar-refractivity contribution in [1.82, 2.24) is 0 Å². The summed E-state index contributed by atoms with van der Waals surface area (Å²) < 4.78 is 9.85. The molecular formula is C14H19NO4. The van der Waals surface area contributed by atoms with Crippen molar-refractivity contribution in [3.8, 4) is 0 Å². The summed E-state index contributed by atoms with van der Waals surface area (Å²) in [5, 5.41) is 0. The molecule has 2 atom stereocenters. The van der Waals surface area contributed by atoms with Crippen molar-refractivity contribution in [2.75, 3.05) is 13.7 Å². The molecule has 5 heteroatoms. The van der Waals surface area contributed by atoms with Crippen LogP contribution in [0.1, 0.15) is 13.8 Å². The van der Waals surface area contributed by atoms with Gasteiger partial charge in [-0.2, -0.15) is 0 Å². The number of carbonyl (C=O) groups excluding carboxylic acids is 2. The van der Waals surface area contributed by atoms with E-state index < -0.39 is 11.9 Å². The minimum absolute atomic E-state index is 0.0652. The van der Waals surface area contributed by atoms with E-state index in [0.717, 1.165) is 0 Å². The summed E-state index contributed by atoms with van der Waals surface area (Å²) in [4.78, 5) is 22.6. The fourth-order valence-corrected chi connectivity index (χ4v) is 1.66. The monoisotopic (exact) mass is 265 g/mol. The third-order valence-corrected chi connectivity index (χ3v) is 2.67. The Morgan fingerprint density at radius 3 is 2.32 bits per heavy atom. The fraction of sp³-hybridized carbons (Fsp3) is 0.429. The number of ether oxygens (including phenoxy) is 2. The van der Waals surface area contributed by atoms with Gasteiger partial charge in [0.25, 0.3) is 5.91 Å². The molecule has 0 aromatic rings. The largest absolute Gasteiger partial charge is 0.481 e. The van der Waals surface area contributed by atoms with Crippen molar-refractivity contribution < 1.29 is 19.1 Å². The maximum absolute atomic E-state index is 11.5. The minimum Gasteiger partial charge on any atom is -0.481 e. The number of nitrogens with two attached hydrogens (primary N) is 1. The molecule has 0 bridgehead atoms. The van der Waals surface area contributed by atoms with Gasteiger partial charge < -0.3 is 15.2 Å². The third-order valence-electron chi connectivity index (χ3n) is 2.67. The van der Waals surface area contributed by atoms with Gasteiger partial charge in [-0.05, 0) is 17.9 Å². The van der Waals surface area contributed by atoms with Gasteiger partial charge in [-0.15, -0.1) is 0 Å². The van der Waals surface area contributed by atoms with Crippen LogP contribution in [0.5, 0.6) is 0 Å². The number of primary amides is 1. The first kappa shape index (κ1) is 15.0. The van der Waals surface area contributed by atoms with E-state index in [9.17, 15) is 9.59 Å². The third kappa shape index (κ3) is 4.62. The number of hydrogen-bond donors (Lipinski definition) is 1. The first-order valence-corrected chi connectivity index (χ1v) is 6.05. The number of carbonyl (C=O) groups is 2. The quantitative estimate of drug-likeness (QED) is 0.614. The lowest BCUT2D eigenvalue weighted by Gasteiger charge is -2.16. The topological polar surface area (TPSA) is 78.6 Å². The average molecular weight is 265 g/mol. The Hall–Kier alpha value is -2.04. The standard InChI is InChI=1S/C14H19NO4/c1-9-4-5-10(2)7-12(11(6-9)14(15)17)19-8-13(16)18-3/h4-7,9-10H,8H2,1-3H3,(H2,15,17)/b5-4-,11-6+,12-7+. The number of rotatable bonds is 4. The summed E-state index contributed by atoms with van der Waals surface area (Å²) in [5.41, 5.74) is 5.64. The zero-order chi connectivity index (χ0) is 14.4. The summed E-state index contributed by atoms with van der Waals surface area (Å²) in [6.45, 7) is 3.64. The van der Waals surface area contributed by atoms with Gasteiger partial charge >= 0.3 is 5.97 Å². The van der Waals surface area contributed by atoms with Crippen LogP contribution in [-0.2, 0) is 19.1 Å². The number of esters is 1. The molecule has 0 radical (unpaired) electrons. The van der Waals surface area contributed by atoms with Crippen LogP contribution in [-0.4, -0.2) is 25.6 Å². The predicted octanol–water partition coefficient (Wildman–Crippen LogP) is 1.31. The molecule has 2 unspecified atom stereocenters. The normalized spacial score (nSPS) is 29.8. The average Bonchev–Trinajstić information content (AvgIpc) is 2.36. The van der Waals surface area contributed by atoms with Crippen LogP contribution in [0.3, 0.4) is 0 Å². The van der Waals surface area contributed by atoms with E-state index in [1.165, 1.54) is 7.11 Å². The van der Waals surface area contributed by atoms with Crippen LogP contribution >= 0.6 is 0 Å². The molecule has 0 saturated carbocycles. The second kappa shape index (κ2) is 6.78. The number of hydrogen-bond acceptors (Lipinski definition) is 4. The van der Waals surface area contributed by atoms with Crippen molar-refractivity contribution in [3.05, 3.63) is 35.6 Å². The summed E-state index contributed by atoms with van der Waals surface area (Å²) in [7, 11) is 1.27. The van der Waals surface area contributed by atoms with Gasteiger partial charge in [0.15, 0.2) is 6.61 Å². The van der Waals surface area contributed by atoms with E-state index in [0.29, 0.717) is 5.76 Å². The Labute approximate surface area is 112 Å². The number of amides is 1. The zero-order valence-corrected chi connectivity index (χ0v) is 11.4. The zero-order valence-electron chi connectivity index (χ0n) is 11.4. The van der Waals surface area contributed by atoms with E-state index in [-0.39, 0.29) is 24.0 Å². The molecule has 1 aliphatic carbocycles. The van der Waals surface area contributed by atoms with E-state index in [1.54, 1.807) is 12.2 Å². The molecule has 2 N–H and O–H groups in total. The highest BCUT2D eigenvalue weighted by Crippen LogP contribution is 2.21. The summed E-state index contributed by atoms with van der Waals surface area (Å²) in [6.07, 6.45) is 7.46. The van der Waals surface area contributed by atoms with Crippen molar-refractivity contribution >= 4 is 11.9 Å². The molecule has 1 aliphatic rings. The maximum atomic E-state index is 11.5. The van der Waals surface area contributed by atoms with Crippen LogP contribution in [0.25, 0.3) is 0 Å². The predicted molar refractivity (Wildman–Crippen MR) is 70.8 cm³/mol. The SMILES string of the molecule is COC(=O)COC1=C/C(C)/C=C\C(C)/C=C\1C(N)=O. The number of allylic oxidation sites excluding steroid dienone is 4. The molecule has 0 aliphatic heterocycles. The fourth-order valence-electron chi connectivity index (χ4n) is 1.66. The lowest BCUT2D eigenvalue weighted by Crippen LogP contribution is -2.20. The Morgan fingerprint density at radius 2 is 1.79 bits per heavy atom. The highest BCUT2D eigenvalue weighted by molar-refractivity contribution is 5.96. The molecule has 5 nitrogen and oxygen atoms in total. The van der Waals surface area contributed by atoms with E-state index in [4.69, 9.17) is 10.5 Å². The summed E-state index contributed by atoms with van der Waals surface area (Å²) >= 11 is 0. The van der Waals surface area contributed by atoms with Gasteiger partial charge in [-0.3, -0.25) is 4.79 Å². The highest BCUT2D eigenvalue weighted by Gasteiger charge is 2.18. The van der Waals surface area contributed by atoms with Gasteiger partial charge in [0.05, 0.1) is 12.7 Å². The molecule has 0 saturated heterocycles. The highest BCUT2D eigenvalue weighted by atomic mass is 16.6. The van der Waals surface area contributed by atoms with E-state index in [1.807, 2.05) is 26.0 Å². The Morgan fingerprint density at radius 1 is 1.21 bits per heavy atom. The molecule has 0 aromatic heterocycles. The number of methoxy groups -OCH3 is 1. The Bertz CT molecular complexity index is 448. The van der Waals surface area contributed by atoms with Gasteiger partial charge in [0.1, 0.15) is 5.76 Å². The summed E-state index contributed by atoms with van der Waals surface area (Å²) in [5.74, 6) is -0.622. The van der Waals surface area contributed by atoms with Crippen LogP contribution in [0.2, 0.25) is 0 Å². The van der Waals surface area contributed by atoms with Crippen molar-refractivity contribution in [2.24, 2.45) is 17.6 Å². The van der Waals surface area contributed by atoms with Gasteiger partial charge in [0.2, 0.25) is 0 Å². The molecule has 0 spiro atoms. The van der Waals surface area contributed by atoms with E-state index >= 15 is 0 Å². The lowest BCUT2D eigenvalue weighted by molar-refractivity contribution is -0.144. The molecule has 104 valence electrons. The Balaban J connectivity index is 3.01. The smallest absolute Gasteiger partial charge is 0.343 e. The second-order valence-electron chi connectivity index (χ2n) is 4.44. The van der Waals surface area contributed by atoms with Crippen molar-refractivity contribution in [2.45, 2.75) is 13.8 Å². The maximum Gasteiger partial charge on any atom is 0.343 e.